The Balaban J connectivity index is 1.63. The van der Waals surface area contributed by atoms with Gasteiger partial charge in [-0.3, -0.25) is 0 Å². The minimum atomic E-state index is 0.647. The fourth-order valence-electron chi connectivity index (χ4n) is 1.96. The highest BCUT2D eigenvalue weighted by atomic mass is 32.2. The van der Waals surface area contributed by atoms with Crippen molar-refractivity contribution in [2.45, 2.75) is 18.9 Å². The van der Waals surface area contributed by atoms with E-state index in [1.807, 2.05) is 23.9 Å². The molecule has 0 saturated carbocycles. The molecule has 1 aromatic rings. The highest BCUT2D eigenvalue weighted by Gasteiger charge is 2.12. The van der Waals surface area contributed by atoms with Gasteiger partial charge in [-0.25, -0.2) is 0 Å². The summed E-state index contributed by atoms with van der Waals surface area (Å²) in [7, 11) is 0. The van der Waals surface area contributed by atoms with Gasteiger partial charge in [-0.2, -0.15) is 17.0 Å². The lowest BCUT2D eigenvalue weighted by Crippen LogP contribution is -2.36. The van der Waals surface area contributed by atoms with Crippen LogP contribution in [-0.2, 0) is 0 Å². The average molecular weight is 262 g/mol. The largest absolute Gasteiger partial charge is 0.492 e. The molecule has 3 nitrogen and oxygen atoms in total. The quantitative estimate of drug-likeness (QED) is 0.828. The average Bonchev–Trinajstić information content (AvgIpc) is 2.45. The monoisotopic (exact) mass is 262 g/mol. The van der Waals surface area contributed by atoms with E-state index in [9.17, 15) is 0 Å². The summed E-state index contributed by atoms with van der Waals surface area (Å²) in [4.78, 5) is 0. The van der Waals surface area contributed by atoms with E-state index < -0.39 is 0 Å². The Bertz CT molecular complexity index is 393. The van der Waals surface area contributed by atoms with Gasteiger partial charge >= 0.3 is 0 Å². The number of nitrogens with one attached hydrogen (secondary N) is 1. The van der Waals surface area contributed by atoms with Crippen molar-refractivity contribution in [2.75, 3.05) is 24.7 Å². The van der Waals surface area contributed by atoms with Crippen molar-refractivity contribution in [2.24, 2.45) is 0 Å². The van der Waals surface area contributed by atoms with Crippen molar-refractivity contribution in [1.82, 2.24) is 5.32 Å². The second-order valence-corrected chi connectivity index (χ2v) is 5.50. The lowest BCUT2D eigenvalue weighted by molar-refractivity contribution is 0.305. The van der Waals surface area contributed by atoms with Crippen LogP contribution in [0.4, 0.5) is 0 Å². The molecule has 1 heterocycles. The van der Waals surface area contributed by atoms with Gasteiger partial charge in [0.2, 0.25) is 0 Å². The molecular weight excluding hydrogens is 244 g/mol. The van der Waals surface area contributed by atoms with E-state index in [4.69, 9.17) is 10.00 Å². The minimum absolute atomic E-state index is 0.647. The van der Waals surface area contributed by atoms with Crippen LogP contribution in [0.25, 0.3) is 0 Å². The molecule has 1 fully saturated rings. The summed E-state index contributed by atoms with van der Waals surface area (Å²) in [5.74, 6) is 3.35. The Morgan fingerprint density at radius 1 is 1.39 bits per heavy atom. The fourth-order valence-corrected chi connectivity index (χ4v) is 3.07. The molecule has 4 heteroatoms. The Morgan fingerprint density at radius 2 is 2.22 bits per heavy atom. The van der Waals surface area contributed by atoms with Gasteiger partial charge in [-0.15, -0.1) is 0 Å². The van der Waals surface area contributed by atoms with Gasteiger partial charge in [0.1, 0.15) is 12.4 Å². The molecule has 1 aromatic carbocycles. The van der Waals surface area contributed by atoms with E-state index in [2.05, 4.69) is 11.4 Å². The van der Waals surface area contributed by atoms with E-state index in [0.29, 0.717) is 18.2 Å². The highest BCUT2D eigenvalue weighted by Crippen LogP contribution is 2.16. The summed E-state index contributed by atoms with van der Waals surface area (Å²) in [6.07, 6.45) is 2.60. The van der Waals surface area contributed by atoms with Crippen LogP contribution in [0.1, 0.15) is 18.4 Å². The first-order valence-corrected chi connectivity index (χ1v) is 7.48. The summed E-state index contributed by atoms with van der Waals surface area (Å²) < 4.78 is 5.62. The van der Waals surface area contributed by atoms with Crippen LogP contribution >= 0.6 is 11.8 Å². The number of nitrogens with zero attached hydrogens (tertiary/aromatic N) is 1. The molecule has 0 spiro atoms. The second kappa shape index (κ2) is 7.30. The van der Waals surface area contributed by atoms with Gasteiger partial charge in [0.25, 0.3) is 0 Å². The molecule has 1 aliphatic rings. The molecule has 0 aliphatic carbocycles. The Morgan fingerprint density at radius 3 is 2.89 bits per heavy atom. The predicted molar refractivity (Wildman–Crippen MR) is 75.0 cm³/mol. The van der Waals surface area contributed by atoms with Gasteiger partial charge in [0.15, 0.2) is 0 Å². The number of thioether (sulfide) groups is 1. The van der Waals surface area contributed by atoms with Crippen molar-refractivity contribution < 1.29 is 4.74 Å². The predicted octanol–water partition coefficient (Wildman–Crippen LogP) is 2.42. The maximum atomic E-state index is 8.68. The molecule has 1 saturated heterocycles. The third kappa shape index (κ3) is 4.25. The number of hydrogen-bond donors (Lipinski definition) is 1. The van der Waals surface area contributed by atoms with Crippen LogP contribution in [0.15, 0.2) is 24.3 Å². The highest BCUT2D eigenvalue weighted by molar-refractivity contribution is 7.99. The van der Waals surface area contributed by atoms with Gasteiger partial charge in [-0.05, 0) is 42.9 Å². The number of hydrogen-bond acceptors (Lipinski definition) is 4. The molecular formula is C14H18N2OS. The normalized spacial score (nSPS) is 19.2. The van der Waals surface area contributed by atoms with E-state index in [-0.39, 0.29) is 0 Å². The summed E-state index contributed by atoms with van der Waals surface area (Å²) in [6, 6.07) is 9.98. The zero-order chi connectivity index (χ0) is 12.6. The van der Waals surface area contributed by atoms with Gasteiger partial charge in [-0.1, -0.05) is 0 Å². The van der Waals surface area contributed by atoms with Crippen molar-refractivity contribution in [1.29, 1.82) is 5.26 Å². The minimum Gasteiger partial charge on any atom is -0.492 e. The molecule has 0 radical (unpaired) electrons. The maximum Gasteiger partial charge on any atom is 0.119 e. The van der Waals surface area contributed by atoms with Crippen molar-refractivity contribution >= 4 is 11.8 Å². The summed E-state index contributed by atoms with van der Waals surface area (Å²) in [6.45, 7) is 1.55. The topological polar surface area (TPSA) is 45.0 Å². The molecule has 0 aromatic heterocycles. The SMILES string of the molecule is N#Cc1ccc(OCCN[C@H]2CCCSC2)cc1. The van der Waals surface area contributed by atoms with Crippen molar-refractivity contribution in [3.8, 4) is 11.8 Å². The van der Waals surface area contributed by atoms with Gasteiger partial charge < -0.3 is 10.1 Å². The van der Waals surface area contributed by atoms with Crippen molar-refractivity contribution in [3.05, 3.63) is 29.8 Å². The first kappa shape index (κ1) is 13.3. The van der Waals surface area contributed by atoms with Crippen molar-refractivity contribution in [3.63, 3.8) is 0 Å². The third-order valence-corrected chi connectivity index (χ3v) is 4.16. The lowest BCUT2D eigenvalue weighted by atomic mass is 10.2. The van der Waals surface area contributed by atoms with Crippen LogP contribution in [0.2, 0.25) is 0 Å². The van der Waals surface area contributed by atoms with Crippen LogP contribution in [0.5, 0.6) is 5.75 Å². The van der Waals surface area contributed by atoms with Gasteiger partial charge in [0, 0.05) is 18.3 Å². The Labute approximate surface area is 113 Å². The number of rotatable bonds is 5. The molecule has 0 bridgehead atoms. The zero-order valence-electron chi connectivity index (χ0n) is 10.4. The standard InChI is InChI=1S/C14H18N2OS/c15-10-12-3-5-14(6-4-12)17-8-7-16-13-2-1-9-18-11-13/h3-6,13,16H,1-2,7-9,11H2/t13-/m0/s1. The molecule has 1 aliphatic heterocycles. The van der Waals surface area contributed by atoms with Crippen LogP contribution in [-0.4, -0.2) is 30.7 Å². The van der Waals surface area contributed by atoms with Gasteiger partial charge in [0.05, 0.1) is 11.6 Å². The number of nitriles is 1. The van der Waals surface area contributed by atoms with Crippen LogP contribution in [0, 0.1) is 11.3 Å². The smallest absolute Gasteiger partial charge is 0.119 e. The first-order chi connectivity index (χ1) is 8.88. The molecule has 2 rings (SSSR count). The van der Waals surface area contributed by atoms with Crippen LogP contribution in [0.3, 0.4) is 0 Å². The van der Waals surface area contributed by atoms with E-state index in [1.165, 1.54) is 24.3 Å². The fraction of sp³-hybridized carbons (Fsp3) is 0.500. The Hall–Kier alpha value is -1.18. The lowest BCUT2D eigenvalue weighted by Gasteiger charge is -2.22. The van der Waals surface area contributed by atoms with E-state index >= 15 is 0 Å². The summed E-state index contributed by atoms with van der Waals surface area (Å²) in [5, 5.41) is 12.2. The summed E-state index contributed by atoms with van der Waals surface area (Å²) in [5.41, 5.74) is 0.666. The number of ether oxygens (including phenoxy) is 1. The Kier molecular flexibility index (Phi) is 5.37. The molecule has 18 heavy (non-hydrogen) atoms. The molecule has 0 amide bonds. The molecule has 1 N–H and O–H groups in total. The third-order valence-electron chi connectivity index (χ3n) is 2.95. The molecule has 1 atom stereocenters. The summed E-state index contributed by atoms with van der Waals surface area (Å²) >= 11 is 2.03. The molecule has 96 valence electrons. The molecule has 0 unspecified atom stereocenters. The second-order valence-electron chi connectivity index (χ2n) is 4.35. The number of benzene rings is 1. The first-order valence-electron chi connectivity index (χ1n) is 6.32. The maximum absolute atomic E-state index is 8.68. The van der Waals surface area contributed by atoms with E-state index in [0.717, 1.165) is 12.3 Å². The van der Waals surface area contributed by atoms with E-state index in [1.54, 1.807) is 12.1 Å². The zero-order valence-corrected chi connectivity index (χ0v) is 11.2. The van der Waals surface area contributed by atoms with Crippen LogP contribution < -0.4 is 10.1 Å².